The van der Waals surface area contributed by atoms with Gasteiger partial charge in [-0.05, 0) is 35.4 Å². The first-order chi connectivity index (χ1) is 12.8. The molecule has 6 nitrogen and oxygen atoms in total. The molecule has 2 aromatic carbocycles. The van der Waals surface area contributed by atoms with E-state index in [1.807, 2.05) is 0 Å². The number of alkyl halides is 3. The lowest BCUT2D eigenvalue weighted by Gasteiger charge is -2.11. The molecule has 9 heteroatoms. The SMILES string of the molecule is COCc1ccc(NC(=O)C(=O)NCc2cccc(OC(F)(F)F)c2)cc1. The van der Waals surface area contributed by atoms with Crippen molar-refractivity contribution in [3.05, 3.63) is 59.7 Å². The van der Waals surface area contributed by atoms with Crippen LogP contribution in [0.25, 0.3) is 0 Å². The molecular weight excluding hydrogens is 365 g/mol. The van der Waals surface area contributed by atoms with Crippen molar-refractivity contribution in [2.45, 2.75) is 19.5 Å². The molecule has 144 valence electrons. The van der Waals surface area contributed by atoms with Crippen LogP contribution in [0.3, 0.4) is 0 Å². The van der Waals surface area contributed by atoms with Gasteiger partial charge in [-0.1, -0.05) is 24.3 Å². The molecule has 2 rings (SSSR count). The maximum Gasteiger partial charge on any atom is 0.573 e. The smallest absolute Gasteiger partial charge is 0.406 e. The number of halogens is 3. The largest absolute Gasteiger partial charge is 0.573 e. The third kappa shape index (κ3) is 6.98. The van der Waals surface area contributed by atoms with Crippen LogP contribution in [0.2, 0.25) is 0 Å². The summed E-state index contributed by atoms with van der Waals surface area (Å²) in [4.78, 5) is 23.7. The number of carbonyl (C=O) groups excluding carboxylic acids is 2. The number of ether oxygens (including phenoxy) is 2. The number of carbonyl (C=O) groups is 2. The highest BCUT2D eigenvalue weighted by Crippen LogP contribution is 2.23. The van der Waals surface area contributed by atoms with Gasteiger partial charge in [0.1, 0.15) is 5.75 Å². The number of methoxy groups -OCH3 is 1. The lowest BCUT2D eigenvalue weighted by Crippen LogP contribution is -2.34. The molecule has 2 amide bonds. The van der Waals surface area contributed by atoms with Crippen molar-refractivity contribution in [3.63, 3.8) is 0 Å². The zero-order valence-corrected chi connectivity index (χ0v) is 14.3. The number of rotatable bonds is 6. The van der Waals surface area contributed by atoms with E-state index in [0.29, 0.717) is 17.9 Å². The fourth-order valence-electron chi connectivity index (χ4n) is 2.15. The first kappa shape index (κ1) is 20.2. The summed E-state index contributed by atoms with van der Waals surface area (Å²) >= 11 is 0. The van der Waals surface area contributed by atoms with Crippen LogP contribution < -0.4 is 15.4 Å². The summed E-state index contributed by atoms with van der Waals surface area (Å²) in [5.74, 6) is -2.22. The summed E-state index contributed by atoms with van der Waals surface area (Å²) < 4.78 is 45.4. The van der Waals surface area contributed by atoms with Gasteiger partial charge in [0, 0.05) is 19.3 Å². The van der Waals surface area contributed by atoms with Gasteiger partial charge >= 0.3 is 18.2 Å². The minimum atomic E-state index is -4.81. The average Bonchev–Trinajstić information content (AvgIpc) is 2.60. The molecule has 2 N–H and O–H groups in total. The standard InChI is InChI=1S/C18H17F3N2O4/c1-26-11-12-5-7-14(8-6-12)23-17(25)16(24)22-10-13-3-2-4-15(9-13)27-18(19,20)21/h2-9H,10-11H2,1H3,(H,22,24)(H,23,25). The fourth-order valence-corrected chi connectivity index (χ4v) is 2.15. The van der Waals surface area contributed by atoms with Gasteiger partial charge in [0.15, 0.2) is 0 Å². The molecule has 0 radical (unpaired) electrons. The van der Waals surface area contributed by atoms with Crippen LogP contribution in [0.4, 0.5) is 18.9 Å². The monoisotopic (exact) mass is 382 g/mol. The van der Waals surface area contributed by atoms with Gasteiger partial charge in [0.05, 0.1) is 6.61 Å². The van der Waals surface area contributed by atoms with Gasteiger partial charge in [0.2, 0.25) is 0 Å². The van der Waals surface area contributed by atoms with Gasteiger partial charge in [-0.3, -0.25) is 9.59 Å². The highest BCUT2D eigenvalue weighted by atomic mass is 19.4. The summed E-state index contributed by atoms with van der Waals surface area (Å²) in [6.45, 7) is 0.292. The summed E-state index contributed by atoms with van der Waals surface area (Å²) in [5.41, 5.74) is 1.68. The van der Waals surface area contributed by atoms with E-state index in [2.05, 4.69) is 15.4 Å². The van der Waals surface area contributed by atoms with Crippen LogP contribution >= 0.6 is 0 Å². The molecular formula is C18H17F3N2O4. The highest BCUT2D eigenvalue weighted by molar-refractivity contribution is 6.39. The van der Waals surface area contributed by atoms with Crippen molar-refractivity contribution >= 4 is 17.5 Å². The fraction of sp³-hybridized carbons (Fsp3) is 0.222. The van der Waals surface area contributed by atoms with Crippen molar-refractivity contribution in [1.82, 2.24) is 5.32 Å². The van der Waals surface area contributed by atoms with Crippen LogP contribution in [0.5, 0.6) is 5.75 Å². The van der Waals surface area contributed by atoms with E-state index >= 15 is 0 Å². The topological polar surface area (TPSA) is 76.7 Å². The quantitative estimate of drug-likeness (QED) is 0.753. The number of nitrogens with one attached hydrogen (secondary N) is 2. The maximum absolute atomic E-state index is 12.2. The third-order valence-electron chi connectivity index (χ3n) is 3.31. The van der Waals surface area contributed by atoms with Gasteiger partial charge < -0.3 is 20.1 Å². The summed E-state index contributed by atoms with van der Waals surface area (Å²) in [6.07, 6.45) is -4.81. The Bertz CT molecular complexity index is 792. The first-order valence-corrected chi connectivity index (χ1v) is 7.78. The Hall–Kier alpha value is -3.07. The molecule has 27 heavy (non-hydrogen) atoms. The molecule has 0 saturated carbocycles. The van der Waals surface area contributed by atoms with Crippen LogP contribution in [-0.2, 0) is 27.5 Å². The van der Waals surface area contributed by atoms with Gasteiger partial charge in [-0.25, -0.2) is 0 Å². The Balaban J connectivity index is 1.87. The van der Waals surface area contributed by atoms with Crippen LogP contribution in [0.15, 0.2) is 48.5 Å². The third-order valence-corrected chi connectivity index (χ3v) is 3.31. The second kappa shape index (κ2) is 9.04. The average molecular weight is 382 g/mol. The number of anilines is 1. The van der Waals surface area contributed by atoms with Crippen molar-refractivity contribution in [2.24, 2.45) is 0 Å². The predicted molar refractivity (Wildman–Crippen MR) is 90.8 cm³/mol. The molecule has 0 spiro atoms. The first-order valence-electron chi connectivity index (χ1n) is 7.78. The number of amides is 2. The lowest BCUT2D eigenvalue weighted by atomic mass is 10.2. The van der Waals surface area contributed by atoms with E-state index in [1.165, 1.54) is 12.1 Å². The van der Waals surface area contributed by atoms with Crippen molar-refractivity contribution in [2.75, 3.05) is 12.4 Å². The Labute approximate surface area is 153 Å². The molecule has 0 bridgehead atoms. The van der Waals surface area contributed by atoms with E-state index in [4.69, 9.17) is 4.74 Å². The summed E-state index contributed by atoms with van der Waals surface area (Å²) in [5, 5.41) is 4.76. The van der Waals surface area contributed by atoms with Crippen LogP contribution in [-0.4, -0.2) is 25.3 Å². The van der Waals surface area contributed by atoms with E-state index in [0.717, 1.165) is 17.7 Å². The Morgan fingerprint density at radius 1 is 1.00 bits per heavy atom. The second-order valence-electron chi connectivity index (χ2n) is 5.46. The van der Waals surface area contributed by atoms with E-state index in [1.54, 1.807) is 31.4 Å². The molecule has 2 aromatic rings. The minimum absolute atomic E-state index is 0.131. The Morgan fingerprint density at radius 3 is 2.33 bits per heavy atom. The van der Waals surface area contributed by atoms with Crippen molar-refractivity contribution in [3.8, 4) is 5.75 Å². The Kier molecular flexibility index (Phi) is 6.78. The molecule has 0 aliphatic carbocycles. The molecule has 0 fully saturated rings. The van der Waals surface area contributed by atoms with Crippen LogP contribution in [0, 0.1) is 0 Å². The lowest BCUT2D eigenvalue weighted by molar-refractivity contribution is -0.274. The predicted octanol–water partition coefficient (Wildman–Crippen LogP) is 2.99. The maximum atomic E-state index is 12.2. The van der Waals surface area contributed by atoms with E-state index < -0.39 is 23.9 Å². The van der Waals surface area contributed by atoms with Crippen molar-refractivity contribution < 1.29 is 32.2 Å². The normalized spacial score (nSPS) is 11.0. The zero-order chi connectivity index (χ0) is 19.9. The van der Waals surface area contributed by atoms with Gasteiger partial charge in [-0.15, -0.1) is 13.2 Å². The second-order valence-corrected chi connectivity index (χ2v) is 5.46. The highest BCUT2D eigenvalue weighted by Gasteiger charge is 2.31. The Morgan fingerprint density at radius 2 is 1.70 bits per heavy atom. The number of benzene rings is 2. The molecule has 0 atom stereocenters. The van der Waals surface area contributed by atoms with E-state index in [9.17, 15) is 22.8 Å². The van der Waals surface area contributed by atoms with E-state index in [-0.39, 0.29) is 6.54 Å². The molecule has 0 heterocycles. The van der Waals surface area contributed by atoms with Gasteiger partial charge in [-0.2, -0.15) is 0 Å². The molecule has 0 aliphatic rings. The number of hydrogen-bond donors (Lipinski definition) is 2. The van der Waals surface area contributed by atoms with Gasteiger partial charge in [0.25, 0.3) is 0 Å². The molecule has 0 unspecified atom stereocenters. The number of hydrogen-bond acceptors (Lipinski definition) is 4. The van der Waals surface area contributed by atoms with Crippen molar-refractivity contribution in [1.29, 1.82) is 0 Å². The molecule has 0 saturated heterocycles. The molecule has 0 aromatic heterocycles. The summed E-state index contributed by atoms with van der Waals surface area (Å²) in [6, 6.07) is 11.8. The molecule has 0 aliphatic heterocycles. The minimum Gasteiger partial charge on any atom is -0.406 e. The zero-order valence-electron chi connectivity index (χ0n) is 14.3. The van der Waals surface area contributed by atoms with Crippen LogP contribution in [0.1, 0.15) is 11.1 Å². The summed E-state index contributed by atoms with van der Waals surface area (Å²) in [7, 11) is 1.56.